The van der Waals surface area contributed by atoms with Gasteiger partial charge in [0.2, 0.25) is 11.9 Å². The van der Waals surface area contributed by atoms with Crippen LogP contribution < -0.4 is 16.4 Å². The topological polar surface area (TPSA) is 111 Å². The number of aromatic nitrogens is 3. The Balaban J connectivity index is 1.57. The standard InChI is InChI=1S/C21H23ClN8/c1-13-5-6-15(11-16(13)22)30-27-17-8-7-14(12-18(17)28-30)29-20(24)25-19(23)26-21(29)9-3-2-4-10-21/h5-8,11-12H,2-4,9-10H2,1H3,(H4,23,24,25,26). The Kier molecular flexibility index (Phi) is 4.39. The summed E-state index contributed by atoms with van der Waals surface area (Å²) < 4.78 is 0. The van der Waals surface area contributed by atoms with Crippen molar-refractivity contribution in [1.82, 2.24) is 15.0 Å². The largest absolute Gasteiger partial charge is 0.369 e. The molecule has 0 atom stereocenters. The third-order valence-corrected chi connectivity index (χ3v) is 6.27. The molecule has 0 saturated heterocycles. The van der Waals surface area contributed by atoms with Crippen LogP contribution in [-0.4, -0.2) is 32.6 Å². The van der Waals surface area contributed by atoms with E-state index in [1.54, 1.807) is 4.80 Å². The monoisotopic (exact) mass is 422 g/mol. The highest BCUT2D eigenvalue weighted by Crippen LogP contribution is 2.40. The fourth-order valence-corrected chi connectivity index (χ4v) is 4.53. The van der Waals surface area contributed by atoms with Crippen molar-refractivity contribution in [3.05, 3.63) is 47.0 Å². The van der Waals surface area contributed by atoms with Gasteiger partial charge in [-0.2, -0.15) is 9.79 Å². The van der Waals surface area contributed by atoms with E-state index in [4.69, 9.17) is 28.1 Å². The maximum atomic E-state index is 6.34. The first kappa shape index (κ1) is 18.9. The van der Waals surface area contributed by atoms with Crippen LogP contribution in [0.4, 0.5) is 5.69 Å². The van der Waals surface area contributed by atoms with Crippen LogP contribution in [0.2, 0.25) is 5.02 Å². The Morgan fingerprint density at radius 2 is 1.67 bits per heavy atom. The zero-order valence-corrected chi connectivity index (χ0v) is 17.5. The Morgan fingerprint density at radius 3 is 2.43 bits per heavy atom. The SMILES string of the molecule is Cc1ccc(-n2nc3ccc(N4C(N)=NC(N)=NC45CCCCC5)cc3n2)cc1Cl. The molecule has 8 nitrogen and oxygen atoms in total. The minimum atomic E-state index is -0.484. The average molecular weight is 423 g/mol. The quantitative estimate of drug-likeness (QED) is 0.656. The lowest BCUT2D eigenvalue weighted by Gasteiger charge is -2.45. The smallest absolute Gasteiger partial charge is 0.220 e. The second-order valence-corrected chi connectivity index (χ2v) is 8.32. The molecule has 1 saturated carbocycles. The maximum Gasteiger partial charge on any atom is 0.220 e. The van der Waals surface area contributed by atoms with Crippen LogP contribution >= 0.6 is 11.6 Å². The number of hydrogen-bond donors (Lipinski definition) is 2. The number of rotatable bonds is 2. The maximum absolute atomic E-state index is 6.34. The third kappa shape index (κ3) is 3.08. The van der Waals surface area contributed by atoms with Crippen LogP contribution in [-0.2, 0) is 0 Å². The first-order valence-electron chi connectivity index (χ1n) is 10.1. The third-order valence-electron chi connectivity index (χ3n) is 5.86. The number of nitrogens with two attached hydrogens (primary N) is 2. The summed E-state index contributed by atoms with van der Waals surface area (Å²) in [5.41, 5.74) is 16.1. The van der Waals surface area contributed by atoms with Gasteiger partial charge in [-0.15, -0.1) is 10.2 Å². The molecule has 0 unspecified atom stereocenters. The summed E-state index contributed by atoms with van der Waals surface area (Å²) in [6.45, 7) is 1.96. The normalized spacial score (nSPS) is 18.5. The van der Waals surface area contributed by atoms with Gasteiger partial charge in [-0.1, -0.05) is 24.1 Å². The molecular formula is C21H23ClN8. The Hall–Kier alpha value is -3.13. The molecule has 30 heavy (non-hydrogen) atoms. The Labute approximate surface area is 179 Å². The van der Waals surface area contributed by atoms with Crippen LogP contribution in [0, 0.1) is 6.92 Å². The summed E-state index contributed by atoms with van der Waals surface area (Å²) in [7, 11) is 0. The molecule has 1 spiro atoms. The van der Waals surface area contributed by atoms with Crippen molar-refractivity contribution >= 4 is 40.2 Å². The molecule has 1 aliphatic carbocycles. The zero-order valence-electron chi connectivity index (χ0n) is 16.7. The van der Waals surface area contributed by atoms with Crippen molar-refractivity contribution in [3.8, 4) is 5.69 Å². The molecule has 154 valence electrons. The fraction of sp³-hybridized carbons (Fsp3) is 0.333. The first-order valence-corrected chi connectivity index (χ1v) is 10.5. The minimum Gasteiger partial charge on any atom is -0.369 e. The Morgan fingerprint density at radius 1 is 0.933 bits per heavy atom. The number of aryl methyl sites for hydroxylation is 1. The van der Waals surface area contributed by atoms with Gasteiger partial charge in [0.25, 0.3) is 0 Å². The van der Waals surface area contributed by atoms with Crippen LogP contribution in [0.5, 0.6) is 0 Å². The molecule has 1 aromatic heterocycles. The van der Waals surface area contributed by atoms with Gasteiger partial charge < -0.3 is 11.5 Å². The van der Waals surface area contributed by atoms with Gasteiger partial charge in [-0.25, -0.2) is 4.99 Å². The second-order valence-electron chi connectivity index (χ2n) is 7.91. The van der Waals surface area contributed by atoms with E-state index >= 15 is 0 Å². The molecule has 9 heteroatoms. The van der Waals surface area contributed by atoms with Gasteiger partial charge in [-0.05, 0) is 68.5 Å². The number of hydrogen-bond acceptors (Lipinski definition) is 7. The highest BCUT2D eigenvalue weighted by Gasteiger charge is 2.42. The number of fused-ring (bicyclic) bond motifs is 1. The summed E-state index contributed by atoms with van der Waals surface area (Å²) in [6, 6.07) is 11.7. The molecule has 0 bridgehead atoms. The van der Waals surface area contributed by atoms with Gasteiger partial charge in [-0.3, -0.25) is 4.90 Å². The first-order chi connectivity index (χ1) is 14.4. The molecule has 1 aliphatic heterocycles. The number of benzene rings is 2. The molecule has 0 amide bonds. The predicted octanol–water partition coefficient (Wildman–Crippen LogP) is 3.49. The van der Waals surface area contributed by atoms with E-state index in [1.165, 1.54) is 6.42 Å². The van der Waals surface area contributed by atoms with Crippen molar-refractivity contribution < 1.29 is 0 Å². The zero-order chi connectivity index (χ0) is 20.9. The molecule has 5 rings (SSSR count). The van der Waals surface area contributed by atoms with E-state index in [2.05, 4.69) is 15.2 Å². The van der Waals surface area contributed by atoms with Crippen LogP contribution in [0.25, 0.3) is 16.7 Å². The number of anilines is 1. The van der Waals surface area contributed by atoms with Crippen molar-refractivity contribution in [3.63, 3.8) is 0 Å². The van der Waals surface area contributed by atoms with Gasteiger partial charge in [0.05, 0.1) is 5.69 Å². The van der Waals surface area contributed by atoms with Gasteiger partial charge >= 0.3 is 0 Å². The molecule has 4 N–H and O–H groups in total. The molecular weight excluding hydrogens is 400 g/mol. The lowest BCUT2D eigenvalue weighted by atomic mass is 9.87. The van der Waals surface area contributed by atoms with Crippen LogP contribution in [0.15, 0.2) is 46.4 Å². The summed E-state index contributed by atoms with van der Waals surface area (Å²) >= 11 is 6.27. The number of aliphatic imine (C=N–C) groups is 2. The molecule has 3 aromatic rings. The lowest BCUT2D eigenvalue weighted by molar-refractivity contribution is 0.305. The van der Waals surface area contributed by atoms with Crippen molar-refractivity contribution in [2.24, 2.45) is 21.5 Å². The van der Waals surface area contributed by atoms with Crippen LogP contribution in [0.3, 0.4) is 0 Å². The fourth-order valence-electron chi connectivity index (χ4n) is 4.36. The van der Waals surface area contributed by atoms with Crippen molar-refractivity contribution in [1.29, 1.82) is 0 Å². The highest BCUT2D eigenvalue weighted by atomic mass is 35.5. The number of nitrogens with zero attached hydrogens (tertiary/aromatic N) is 6. The molecule has 2 heterocycles. The van der Waals surface area contributed by atoms with Crippen molar-refractivity contribution in [2.75, 3.05) is 4.90 Å². The molecule has 0 radical (unpaired) electrons. The second kappa shape index (κ2) is 6.98. The van der Waals surface area contributed by atoms with E-state index in [9.17, 15) is 0 Å². The number of guanidine groups is 2. The molecule has 2 aromatic carbocycles. The van der Waals surface area contributed by atoms with Crippen molar-refractivity contribution in [2.45, 2.75) is 44.7 Å². The molecule has 2 aliphatic rings. The average Bonchev–Trinajstić information content (AvgIpc) is 3.13. The van der Waals surface area contributed by atoms with Gasteiger partial charge in [0.1, 0.15) is 16.7 Å². The van der Waals surface area contributed by atoms with E-state index in [0.717, 1.165) is 53.7 Å². The molecule has 1 fully saturated rings. The summed E-state index contributed by atoms with van der Waals surface area (Å²) in [6.07, 6.45) is 5.11. The van der Waals surface area contributed by atoms with Gasteiger partial charge in [0.15, 0.2) is 0 Å². The summed E-state index contributed by atoms with van der Waals surface area (Å²) in [5, 5.41) is 9.94. The van der Waals surface area contributed by atoms with Crippen LogP contribution in [0.1, 0.15) is 37.7 Å². The minimum absolute atomic E-state index is 0.244. The van der Waals surface area contributed by atoms with Gasteiger partial charge in [0, 0.05) is 10.7 Å². The summed E-state index contributed by atoms with van der Waals surface area (Å²) in [5.74, 6) is 0.607. The van der Waals surface area contributed by atoms with E-state index in [1.807, 2.05) is 48.2 Å². The summed E-state index contributed by atoms with van der Waals surface area (Å²) in [4.78, 5) is 12.6. The van der Waals surface area contributed by atoms with E-state index < -0.39 is 5.66 Å². The Bertz CT molecular complexity index is 1190. The van der Waals surface area contributed by atoms with E-state index in [0.29, 0.717) is 11.0 Å². The predicted molar refractivity (Wildman–Crippen MR) is 120 cm³/mol. The van der Waals surface area contributed by atoms with E-state index in [-0.39, 0.29) is 5.96 Å². The lowest BCUT2D eigenvalue weighted by Crippen LogP contribution is -2.58. The highest BCUT2D eigenvalue weighted by molar-refractivity contribution is 6.31. The number of halogens is 1.